The summed E-state index contributed by atoms with van der Waals surface area (Å²) in [6.45, 7) is 15.3. The van der Waals surface area contributed by atoms with Gasteiger partial charge in [0.05, 0.1) is 25.7 Å². The zero-order chi connectivity index (χ0) is 12.7. The minimum absolute atomic E-state index is 0.357. The molecule has 0 aromatic heterocycles. The molecule has 1 fully saturated rings. The van der Waals surface area contributed by atoms with Crippen LogP contribution in [0.3, 0.4) is 0 Å². The van der Waals surface area contributed by atoms with Gasteiger partial charge in [-0.05, 0) is 39.4 Å². The molecule has 0 radical (unpaired) electrons. The molecule has 0 aromatic rings. The van der Waals surface area contributed by atoms with E-state index in [9.17, 15) is 0 Å². The third kappa shape index (κ3) is 2.32. The molecule has 1 aliphatic carbocycles. The fraction of sp³-hybridized carbons (Fsp3) is 1.00. The maximum Gasteiger partial charge on any atom is 0.144 e. The third-order valence-corrected chi connectivity index (χ3v) is 5.92. The third-order valence-electron chi connectivity index (χ3n) is 5.92. The maximum absolute atomic E-state index is 2.45. The first-order chi connectivity index (χ1) is 7.12. The molecule has 0 saturated heterocycles. The fourth-order valence-corrected chi connectivity index (χ4v) is 2.97. The highest BCUT2D eigenvalue weighted by Gasteiger charge is 2.49. The average molecular weight is 224 g/mol. The predicted octanol–water partition coefficient (Wildman–Crippen LogP) is 3.78. The van der Waals surface area contributed by atoms with Crippen LogP contribution in [0.1, 0.15) is 40.5 Å². The van der Waals surface area contributed by atoms with Crippen LogP contribution in [0, 0.1) is 5.92 Å². The molecule has 1 nitrogen and oxygen atoms in total. The van der Waals surface area contributed by atoms with Crippen LogP contribution in [0.25, 0.3) is 0 Å². The van der Waals surface area contributed by atoms with Crippen LogP contribution in [0.4, 0.5) is 0 Å². The van der Waals surface area contributed by atoms with E-state index in [0.717, 1.165) is 29.0 Å². The van der Waals surface area contributed by atoms with E-state index in [1.54, 1.807) is 0 Å². The van der Waals surface area contributed by atoms with Crippen LogP contribution in [-0.2, 0) is 0 Å². The van der Waals surface area contributed by atoms with Gasteiger partial charge in [0, 0.05) is 5.92 Å². The molecule has 0 amide bonds. The predicted molar refractivity (Wildman–Crippen MR) is 75.3 cm³/mol. The Balaban J connectivity index is 2.86. The molecule has 0 spiro atoms. The molecule has 1 aliphatic rings. The second-order valence-corrected chi connectivity index (χ2v) is 7.30. The van der Waals surface area contributed by atoms with Crippen LogP contribution < -0.4 is 0 Å². The SMILES string of the molecule is CB(C)C(C)C(C)(C)[N+](C)(C)C(C)C1CC1. The zero-order valence-corrected chi connectivity index (χ0v) is 12.7. The van der Waals surface area contributed by atoms with E-state index in [-0.39, 0.29) is 0 Å². The van der Waals surface area contributed by atoms with Gasteiger partial charge in [-0.2, -0.15) is 0 Å². The first-order valence-corrected chi connectivity index (χ1v) is 6.96. The summed E-state index contributed by atoms with van der Waals surface area (Å²) in [4.78, 5) is 0. The van der Waals surface area contributed by atoms with Gasteiger partial charge in [-0.25, -0.2) is 0 Å². The van der Waals surface area contributed by atoms with Crippen molar-refractivity contribution in [2.75, 3.05) is 14.1 Å². The van der Waals surface area contributed by atoms with Gasteiger partial charge in [-0.1, -0.05) is 20.6 Å². The Hall–Kier alpha value is 0.0249. The standard InChI is InChI=1S/C14H31BN/c1-11(13-9-10-13)16(7,8)14(3,4)12(2)15(5)6/h11-13H,9-10H2,1-8H3/q+1. The van der Waals surface area contributed by atoms with Crippen LogP contribution in [-0.4, -0.2) is 36.9 Å². The molecule has 0 heterocycles. The summed E-state index contributed by atoms with van der Waals surface area (Å²) in [6, 6.07) is 0.802. The molecular weight excluding hydrogens is 193 g/mol. The number of quaternary nitrogens is 1. The van der Waals surface area contributed by atoms with Gasteiger partial charge in [0.1, 0.15) is 6.71 Å². The molecule has 2 unspecified atom stereocenters. The summed E-state index contributed by atoms with van der Waals surface area (Å²) in [5, 5.41) is 0. The van der Waals surface area contributed by atoms with Crippen molar-refractivity contribution in [3.63, 3.8) is 0 Å². The molecule has 1 rings (SSSR count). The lowest BCUT2D eigenvalue weighted by Crippen LogP contribution is -2.64. The number of hydrogen-bond acceptors (Lipinski definition) is 0. The zero-order valence-electron chi connectivity index (χ0n) is 12.7. The second-order valence-electron chi connectivity index (χ2n) is 7.30. The normalized spacial score (nSPS) is 21.8. The second kappa shape index (κ2) is 4.36. The van der Waals surface area contributed by atoms with E-state index >= 15 is 0 Å². The van der Waals surface area contributed by atoms with Crippen LogP contribution in [0.2, 0.25) is 19.5 Å². The number of nitrogens with zero attached hydrogens (tertiary/aromatic N) is 1. The van der Waals surface area contributed by atoms with Crippen molar-refractivity contribution >= 4 is 6.71 Å². The first kappa shape index (κ1) is 14.1. The average Bonchev–Trinajstić information content (AvgIpc) is 2.97. The molecule has 2 heteroatoms. The van der Waals surface area contributed by atoms with Gasteiger partial charge in [-0.3, -0.25) is 0 Å². The lowest BCUT2D eigenvalue weighted by Gasteiger charge is -2.52. The van der Waals surface area contributed by atoms with Gasteiger partial charge >= 0.3 is 0 Å². The van der Waals surface area contributed by atoms with Crippen molar-refractivity contribution < 1.29 is 4.48 Å². The molecule has 0 bridgehead atoms. The Bertz CT molecular complexity index is 223. The van der Waals surface area contributed by atoms with Crippen molar-refractivity contribution in [3.8, 4) is 0 Å². The summed E-state index contributed by atoms with van der Waals surface area (Å²) in [5.74, 6) is 1.73. The highest BCUT2D eigenvalue weighted by atomic mass is 15.4. The van der Waals surface area contributed by atoms with E-state index in [1.165, 1.54) is 12.8 Å². The number of rotatable bonds is 5. The largest absolute Gasteiger partial charge is 0.322 e. The summed E-state index contributed by atoms with van der Waals surface area (Å²) in [7, 11) is 4.86. The Labute approximate surface area is 103 Å². The van der Waals surface area contributed by atoms with Crippen LogP contribution in [0.5, 0.6) is 0 Å². The van der Waals surface area contributed by atoms with Gasteiger partial charge in [0.2, 0.25) is 0 Å². The lowest BCUT2D eigenvalue weighted by atomic mass is 9.41. The van der Waals surface area contributed by atoms with E-state index in [1.807, 2.05) is 0 Å². The Morgan fingerprint density at radius 1 is 1.12 bits per heavy atom. The minimum Gasteiger partial charge on any atom is -0.322 e. The maximum atomic E-state index is 2.45. The smallest absolute Gasteiger partial charge is 0.144 e. The fourth-order valence-electron chi connectivity index (χ4n) is 2.97. The van der Waals surface area contributed by atoms with Crippen molar-refractivity contribution in [2.24, 2.45) is 5.92 Å². The Morgan fingerprint density at radius 2 is 1.56 bits per heavy atom. The van der Waals surface area contributed by atoms with E-state index in [2.05, 4.69) is 55.4 Å². The lowest BCUT2D eigenvalue weighted by molar-refractivity contribution is -0.960. The molecule has 1 saturated carbocycles. The van der Waals surface area contributed by atoms with Crippen molar-refractivity contribution in [3.05, 3.63) is 0 Å². The highest BCUT2D eigenvalue weighted by Crippen LogP contribution is 2.44. The Morgan fingerprint density at radius 3 is 1.88 bits per heavy atom. The van der Waals surface area contributed by atoms with E-state index < -0.39 is 0 Å². The van der Waals surface area contributed by atoms with Gasteiger partial charge < -0.3 is 4.48 Å². The Kier molecular flexibility index (Phi) is 3.84. The first-order valence-electron chi connectivity index (χ1n) is 6.96. The quantitative estimate of drug-likeness (QED) is 0.492. The summed E-state index contributed by atoms with van der Waals surface area (Å²) >= 11 is 0. The van der Waals surface area contributed by atoms with E-state index in [0.29, 0.717) is 5.54 Å². The molecule has 94 valence electrons. The molecule has 0 aromatic carbocycles. The van der Waals surface area contributed by atoms with Crippen molar-refractivity contribution in [1.29, 1.82) is 0 Å². The molecular formula is C14H31BN+. The monoisotopic (exact) mass is 224 g/mol. The van der Waals surface area contributed by atoms with Crippen LogP contribution in [0.15, 0.2) is 0 Å². The highest BCUT2D eigenvalue weighted by molar-refractivity contribution is 6.57. The molecule has 0 N–H and O–H groups in total. The van der Waals surface area contributed by atoms with Crippen molar-refractivity contribution in [1.82, 2.24) is 0 Å². The molecule has 16 heavy (non-hydrogen) atoms. The topological polar surface area (TPSA) is 0 Å². The van der Waals surface area contributed by atoms with Gasteiger partial charge in [0.15, 0.2) is 0 Å². The van der Waals surface area contributed by atoms with Gasteiger partial charge in [-0.15, -0.1) is 0 Å². The summed E-state index contributed by atoms with van der Waals surface area (Å²) in [6.07, 6.45) is 2.91. The molecule has 0 aliphatic heterocycles. The van der Waals surface area contributed by atoms with Crippen molar-refractivity contribution in [2.45, 2.75) is 71.6 Å². The van der Waals surface area contributed by atoms with Gasteiger partial charge in [0.25, 0.3) is 0 Å². The summed E-state index contributed by atoms with van der Waals surface area (Å²) in [5.41, 5.74) is 0.357. The van der Waals surface area contributed by atoms with E-state index in [4.69, 9.17) is 0 Å². The molecule has 2 atom stereocenters. The minimum atomic E-state index is 0.357. The van der Waals surface area contributed by atoms with Crippen LogP contribution >= 0.6 is 0 Å². The summed E-state index contributed by atoms with van der Waals surface area (Å²) < 4.78 is 1.16. The number of hydrogen-bond donors (Lipinski definition) is 0.